The molecular formula is C18H11N4O4S-. The van der Waals surface area contributed by atoms with Crippen molar-refractivity contribution in [2.45, 2.75) is 4.90 Å². The minimum Gasteiger partial charge on any atom is -0.366 e. The quantitative estimate of drug-likeness (QED) is 0.644. The van der Waals surface area contributed by atoms with Gasteiger partial charge in [0.1, 0.15) is 0 Å². The van der Waals surface area contributed by atoms with Crippen LogP contribution in [-0.2, 0) is 10.0 Å². The Morgan fingerprint density at radius 1 is 0.778 bits per heavy atom. The summed E-state index contributed by atoms with van der Waals surface area (Å²) in [5.41, 5.74) is 0.905. The Kier molecular flexibility index (Phi) is 3.93. The Morgan fingerprint density at radius 2 is 1.33 bits per heavy atom. The smallest absolute Gasteiger partial charge is 0.266 e. The first-order chi connectivity index (χ1) is 13.0. The molecule has 0 atom stereocenters. The number of hydrogen-bond donors (Lipinski definition) is 0. The number of aromatic nitrogens is 2. The van der Waals surface area contributed by atoms with E-state index in [1.807, 2.05) is 0 Å². The number of fused-ring (bicyclic) bond motifs is 1. The molecule has 2 aromatic carbocycles. The molecule has 3 aromatic rings. The summed E-state index contributed by atoms with van der Waals surface area (Å²) in [5.74, 6) is -1.08. The molecule has 0 spiro atoms. The molecule has 1 aliphatic heterocycles. The highest BCUT2D eigenvalue weighted by atomic mass is 32.2. The summed E-state index contributed by atoms with van der Waals surface area (Å²) in [4.78, 5) is 33.4. The second-order valence-electron chi connectivity index (χ2n) is 5.60. The van der Waals surface area contributed by atoms with E-state index in [1.54, 1.807) is 30.3 Å². The van der Waals surface area contributed by atoms with E-state index in [0.717, 1.165) is 4.90 Å². The maximum Gasteiger partial charge on any atom is 0.266 e. The second kappa shape index (κ2) is 6.29. The average Bonchev–Trinajstić information content (AvgIpc) is 2.93. The lowest BCUT2D eigenvalue weighted by Gasteiger charge is -2.15. The van der Waals surface area contributed by atoms with Gasteiger partial charge in [-0.25, -0.2) is 13.3 Å². The highest BCUT2D eigenvalue weighted by molar-refractivity contribution is 7.94. The molecule has 0 fully saturated rings. The number of nitrogens with zero attached hydrogens (tertiary/aromatic N) is 4. The molecule has 0 unspecified atom stereocenters. The van der Waals surface area contributed by atoms with Gasteiger partial charge in [0.25, 0.3) is 11.8 Å². The molecule has 0 saturated heterocycles. The molecule has 1 aliphatic rings. The van der Waals surface area contributed by atoms with Gasteiger partial charge < -0.3 is 9.97 Å². The number of carbonyl (C=O) groups is 2. The fraction of sp³-hybridized carbons (Fsp3) is 0. The van der Waals surface area contributed by atoms with E-state index in [2.05, 4.69) is 14.7 Å². The summed E-state index contributed by atoms with van der Waals surface area (Å²) in [7, 11) is -4.02. The Morgan fingerprint density at radius 3 is 1.89 bits per heavy atom. The molecule has 0 bridgehead atoms. The third-order valence-corrected chi connectivity index (χ3v) is 5.21. The van der Waals surface area contributed by atoms with Crippen molar-refractivity contribution in [2.75, 3.05) is 4.90 Å². The maximum atomic E-state index is 12.5. The lowest BCUT2D eigenvalue weighted by atomic mass is 10.1. The topological polar surface area (TPSA) is 111 Å². The van der Waals surface area contributed by atoms with Gasteiger partial charge in [-0.1, -0.05) is 18.2 Å². The van der Waals surface area contributed by atoms with Crippen LogP contribution in [0.25, 0.3) is 4.72 Å². The van der Waals surface area contributed by atoms with E-state index in [9.17, 15) is 18.0 Å². The average molecular weight is 379 g/mol. The minimum absolute atomic E-state index is 0.102. The first-order valence-electron chi connectivity index (χ1n) is 7.80. The van der Waals surface area contributed by atoms with Crippen LogP contribution in [0.4, 0.5) is 11.6 Å². The van der Waals surface area contributed by atoms with Gasteiger partial charge in [0.2, 0.25) is 10.0 Å². The fourth-order valence-corrected chi connectivity index (χ4v) is 3.58. The first kappa shape index (κ1) is 16.9. The first-order valence-corrected chi connectivity index (χ1v) is 9.24. The van der Waals surface area contributed by atoms with Crippen LogP contribution in [0.5, 0.6) is 0 Å². The maximum absolute atomic E-state index is 12.5. The van der Waals surface area contributed by atoms with Gasteiger partial charge in [-0.15, -0.1) is 0 Å². The van der Waals surface area contributed by atoms with E-state index in [0.29, 0.717) is 11.1 Å². The van der Waals surface area contributed by atoms with Gasteiger partial charge in [-0.05, 0) is 48.8 Å². The molecule has 0 saturated carbocycles. The van der Waals surface area contributed by atoms with Crippen molar-refractivity contribution >= 4 is 33.5 Å². The van der Waals surface area contributed by atoms with Crippen molar-refractivity contribution < 1.29 is 18.0 Å². The van der Waals surface area contributed by atoms with Crippen molar-refractivity contribution in [3.63, 3.8) is 0 Å². The third kappa shape index (κ3) is 2.93. The number of imide groups is 1. The summed E-state index contributed by atoms with van der Waals surface area (Å²) < 4.78 is 28.2. The number of anilines is 1. The fourth-order valence-electron chi connectivity index (χ4n) is 2.69. The zero-order valence-electron chi connectivity index (χ0n) is 13.7. The minimum atomic E-state index is -4.02. The van der Waals surface area contributed by atoms with Crippen molar-refractivity contribution in [1.82, 2.24) is 9.97 Å². The molecule has 1 aromatic heterocycles. The van der Waals surface area contributed by atoms with Crippen molar-refractivity contribution in [1.29, 1.82) is 0 Å². The zero-order valence-corrected chi connectivity index (χ0v) is 14.5. The molecular weight excluding hydrogens is 368 g/mol. The van der Waals surface area contributed by atoms with E-state index in [1.165, 1.54) is 36.7 Å². The van der Waals surface area contributed by atoms with Crippen LogP contribution in [0.2, 0.25) is 0 Å². The normalized spacial score (nSPS) is 13.6. The zero-order chi connectivity index (χ0) is 19.0. The predicted molar refractivity (Wildman–Crippen MR) is 96.3 cm³/mol. The van der Waals surface area contributed by atoms with Gasteiger partial charge >= 0.3 is 0 Å². The SMILES string of the molecule is O=C1c2ccccc2C(=O)N1c1ccc(S(=O)(=O)[N-]c2ncccn2)cc1. The number of benzene rings is 2. The van der Waals surface area contributed by atoms with Crippen molar-refractivity contribution in [2.24, 2.45) is 0 Å². The molecule has 0 aliphatic carbocycles. The lowest BCUT2D eigenvalue weighted by molar-refractivity contribution is 0.0926. The van der Waals surface area contributed by atoms with Gasteiger partial charge in [-0.2, -0.15) is 0 Å². The molecule has 9 heteroatoms. The van der Waals surface area contributed by atoms with Crippen LogP contribution < -0.4 is 4.90 Å². The van der Waals surface area contributed by atoms with Gasteiger partial charge in [-0.3, -0.25) is 14.3 Å². The summed E-state index contributed by atoms with van der Waals surface area (Å²) in [6, 6.07) is 13.4. The summed E-state index contributed by atoms with van der Waals surface area (Å²) in [6.07, 6.45) is 2.76. The Labute approximate surface area is 154 Å². The van der Waals surface area contributed by atoms with E-state index in [4.69, 9.17) is 0 Å². The van der Waals surface area contributed by atoms with Crippen LogP contribution in [0.1, 0.15) is 20.7 Å². The number of amides is 2. The van der Waals surface area contributed by atoms with Gasteiger partial charge in [0, 0.05) is 5.95 Å². The molecule has 0 N–H and O–H groups in total. The molecule has 134 valence electrons. The number of rotatable bonds is 4. The molecule has 27 heavy (non-hydrogen) atoms. The largest absolute Gasteiger partial charge is 0.366 e. The van der Waals surface area contributed by atoms with Crippen LogP contribution in [0.3, 0.4) is 0 Å². The molecule has 2 amide bonds. The van der Waals surface area contributed by atoms with Crippen LogP contribution in [0.15, 0.2) is 71.9 Å². The Bertz CT molecular complexity index is 1110. The Balaban J connectivity index is 1.62. The highest BCUT2D eigenvalue weighted by Gasteiger charge is 2.36. The highest BCUT2D eigenvalue weighted by Crippen LogP contribution is 2.30. The molecule has 2 heterocycles. The van der Waals surface area contributed by atoms with Crippen LogP contribution in [-0.4, -0.2) is 30.2 Å². The predicted octanol–water partition coefficient (Wildman–Crippen LogP) is 2.67. The van der Waals surface area contributed by atoms with Crippen LogP contribution in [0, 0.1) is 0 Å². The van der Waals surface area contributed by atoms with E-state index >= 15 is 0 Å². The third-order valence-electron chi connectivity index (χ3n) is 3.94. The number of sulfonamides is 1. The second-order valence-corrected chi connectivity index (χ2v) is 7.20. The molecule has 8 nitrogen and oxygen atoms in total. The standard InChI is InChI=1S/C18H11N4O4S/c23-16-14-4-1-2-5-15(14)17(24)22(16)12-6-8-13(9-7-12)27(25,26)21-18-19-10-3-11-20-18/h1-11H/q-1. The summed E-state index contributed by atoms with van der Waals surface area (Å²) in [5, 5.41) is 0. The van der Waals surface area contributed by atoms with E-state index < -0.39 is 21.8 Å². The number of carbonyl (C=O) groups excluding carboxylic acids is 2. The molecule has 4 rings (SSSR count). The lowest BCUT2D eigenvalue weighted by Crippen LogP contribution is -2.29. The van der Waals surface area contributed by atoms with Crippen molar-refractivity contribution in [3.05, 3.63) is 82.8 Å². The van der Waals surface area contributed by atoms with E-state index in [-0.39, 0.29) is 16.5 Å². The van der Waals surface area contributed by atoms with Crippen LogP contribution >= 0.6 is 0 Å². The number of hydrogen-bond acceptors (Lipinski definition) is 6. The van der Waals surface area contributed by atoms with Gasteiger partial charge in [0.05, 0.1) is 21.7 Å². The monoisotopic (exact) mass is 379 g/mol. The molecule has 0 radical (unpaired) electrons. The summed E-state index contributed by atoms with van der Waals surface area (Å²) in [6.45, 7) is 0. The van der Waals surface area contributed by atoms with Crippen molar-refractivity contribution in [3.8, 4) is 0 Å². The Hall–Kier alpha value is -3.59. The van der Waals surface area contributed by atoms with Gasteiger partial charge in [0.15, 0.2) is 0 Å². The summed E-state index contributed by atoms with van der Waals surface area (Å²) >= 11 is 0.